The number of carbonyl (C=O) groups excluding carboxylic acids is 2. The Hall–Kier alpha value is -2.02. The van der Waals surface area contributed by atoms with Crippen LogP contribution in [0.3, 0.4) is 0 Å². The lowest BCUT2D eigenvalue weighted by atomic mass is 10.2. The molecule has 0 bridgehead atoms. The predicted molar refractivity (Wildman–Crippen MR) is 56.8 cm³/mol. The molecule has 2 amide bonds. The number of para-hydroxylation sites is 1. The number of anilines is 1. The lowest BCUT2D eigenvalue weighted by Crippen LogP contribution is -2.39. The lowest BCUT2D eigenvalue weighted by molar-refractivity contribution is -0.123. The SMILES string of the molecule is NC(=O)CC(N)C(=O)Nc1c(F)cccc1F. The molecule has 1 unspecified atom stereocenters. The third kappa shape index (κ3) is 3.49. The van der Waals surface area contributed by atoms with E-state index >= 15 is 0 Å². The molecule has 0 saturated heterocycles. The summed E-state index contributed by atoms with van der Waals surface area (Å²) >= 11 is 0. The van der Waals surface area contributed by atoms with E-state index in [0.29, 0.717) is 0 Å². The van der Waals surface area contributed by atoms with Crippen LogP contribution < -0.4 is 16.8 Å². The number of amides is 2. The number of hydrogen-bond acceptors (Lipinski definition) is 3. The Kier molecular flexibility index (Phi) is 4.11. The van der Waals surface area contributed by atoms with Gasteiger partial charge in [-0.2, -0.15) is 0 Å². The molecule has 0 aliphatic rings. The van der Waals surface area contributed by atoms with Crippen LogP contribution in [0, 0.1) is 11.6 Å². The maximum Gasteiger partial charge on any atom is 0.241 e. The normalized spacial score (nSPS) is 11.9. The van der Waals surface area contributed by atoms with Crippen LogP contribution in [0.2, 0.25) is 0 Å². The van der Waals surface area contributed by atoms with E-state index in [9.17, 15) is 18.4 Å². The minimum absolute atomic E-state index is 0.401. The van der Waals surface area contributed by atoms with E-state index in [-0.39, 0.29) is 0 Å². The fraction of sp³-hybridized carbons (Fsp3) is 0.200. The van der Waals surface area contributed by atoms with Crippen molar-refractivity contribution in [1.82, 2.24) is 0 Å². The third-order valence-corrected chi connectivity index (χ3v) is 1.97. The highest BCUT2D eigenvalue weighted by atomic mass is 19.1. The molecule has 1 rings (SSSR count). The number of nitrogens with two attached hydrogens (primary N) is 2. The summed E-state index contributed by atoms with van der Waals surface area (Å²) < 4.78 is 26.3. The van der Waals surface area contributed by atoms with Gasteiger partial charge in [0, 0.05) is 0 Å². The van der Waals surface area contributed by atoms with Crippen LogP contribution >= 0.6 is 0 Å². The summed E-state index contributed by atoms with van der Waals surface area (Å²) in [6.45, 7) is 0. The first-order valence-corrected chi connectivity index (χ1v) is 4.70. The van der Waals surface area contributed by atoms with Crippen molar-refractivity contribution in [2.24, 2.45) is 11.5 Å². The van der Waals surface area contributed by atoms with Gasteiger partial charge in [-0.3, -0.25) is 9.59 Å². The number of primary amides is 1. The van der Waals surface area contributed by atoms with Crippen molar-refractivity contribution >= 4 is 17.5 Å². The van der Waals surface area contributed by atoms with E-state index in [2.05, 4.69) is 0 Å². The molecule has 5 nitrogen and oxygen atoms in total. The topological polar surface area (TPSA) is 98.2 Å². The van der Waals surface area contributed by atoms with Gasteiger partial charge >= 0.3 is 0 Å². The van der Waals surface area contributed by atoms with Crippen LogP contribution in [0.4, 0.5) is 14.5 Å². The molecule has 1 aromatic rings. The van der Waals surface area contributed by atoms with Crippen LogP contribution in [-0.4, -0.2) is 17.9 Å². The Labute approximate surface area is 95.8 Å². The number of nitrogens with one attached hydrogen (secondary N) is 1. The molecule has 92 valence electrons. The lowest BCUT2D eigenvalue weighted by Gasteiger charge is -2.11. The van der Waals surface area contributed by atoms with Crippen LogP contribution in [-0.2, 0) is 9.59 Å². The second-order valence-corrected chi connectivity index (χ2v) is 3.36. The zero-order chi connectivity index (χ0) is 13.0. The summed E-state index contributed by atoms with van der Waals surface area (Å²) in [6, 6.07) is 1.88. The minimum atomic E-state index is -1.24. The first-order chi connectivity index (χ1) is 7.91. The van der Waals surface area contributed by atoms with Gasteiger partial charge in [0.25, 0.3) is 0 Å². The summed E-state index contributed by atoms with van der Waals surface area (Å²) in [6.07, 6.45) is -0.401. The molecular weight excluding hydrogens is 232 g/mol. The summed E-state index contributed by atoms with van der Waals surface area (Å²) in [5.74, 6) is -3.51. The predicted octanol–water partition coefficient (Wildman–Crippen LogP) is 0.106. The van der Waals surface area contributed by atoms with E-state index in [0.717, 1.165) is 18.2 Å². The molecule has 1 atom stereocenters. The van der Waals surface area contributed by atoms with E-state index in [1.165, 1.54) is 0 Å². The van der Waals surface area contributed by atoms with Crippen LogP contribution in [0.1, 0.15) is 6.42 Å². The summed E-state index contributed by atoms with van der Waals surface area (Å²) in [5, 5.41) is 1.96. The highest BCUT2D eigenvalue weighted by molar-refractivity contribution is 5.97. The molecule has 17 heavy (non-hydrogen) atoms. The Morgan fingerprint density at radius 3 is 2.29 bits per heavy atom. The van der Waals surface area contributed by atoms with Gasteiger partial charge in [0.05, 0.1) is 12.5 Å². The molecule has 0 spiro atoms. The van der Waals surface area contributed by atoms with Gasteiger partial charge in [0.1, 0.15) is 17.3 Å². The van der Waals surface area contributed by atoms with E-state index < -0.39 is 41.6 Å². The van der Waals surface area contributed by atoms with Gasteiger partial charge in [0.2, 0.25) is 11.8 Å². The average molecular weight is 243 g/mol. The van der Waals surface area contributed by atoms with E-state index in [4.69, 9.17) is 11.5 Å². The maximum absolute atomic E-state index is 13.1. The first kappa shape index (κ1) is 13.0. The number of hydrogen-bond donors (Lipinski definition) is 3. The quantitative estimate of drug-likeness (QED) is 0.699. The van der Waals surface area contributed by atoms with Crippen molar-refractivity contribution in [3.63, 3.8) is 0 Å². The van der Waals surface area contributed by atoms with Crippen molar-refractivity contribution < 1.29 is 18.4 Å². The molecule has 1 aromatic carbocycles. The average Bonchev–Trinajstić information content (AvgIpc) is 2.22. The maximum atomic E-state index is 13.1. The summed E-state index contributed by atoms with van der Waals surface area (Å²) in [7, 11) is 0. The molecule has 0 aromatic heterocycles. The highest BCUT2D eigenvalue weighted by Crippen LogP contribution is 2.18. The van der Waals surface area contributed by atoms with Crippen molar-refractivity contribution in [2.45, 2.75) is 12.5 Å². The van der Waals surface area contributed by atoms with Crippen molar-refractivity contribution in [1.29, 1.82) is 0 Å². The van der Waals surface area contributed by atoms with Gasteiger partial charge < -0.3 is 16.8 Å². The molecular formula is C10H11F2N3O2. The smallest absolute Gasteiger partial charge is 0.241 e. The first-order valence-electron chi connectivity index (χ1n) is 4.70. The molecule has 5 N–H and O–H groups in total. The standard InChI is InChI=1S/C10H11F2N3O2/c11-5-2-1-3-6(12)9(5)15-10(17)7(13)4-8(14)16/h1-3,7H,4,13H2,(H2,14,16)(H,15,17). The van der Waals surface area contributed by atoms with Gasteiger partial charge in [-0.15, -0.1) is 0 Å². The van der Waals surface area contributed by atoms with Crippen molar-refractivity contribution in [3.05, 3.63) is 29.8 Å². The molecule has 0 aliphatic carbocycles. The van der Waals surface area contributed by atoms with Crippen LogP contribution in [0.15, 0.2) is 18.2 Å². The third-order valence-electron chi connectivity index (χ3n) is 1.97. The zero-order valence-corrected chi connectivity index (χ0v) is 8.74. The van der Waals surface area contributed by atoms with Crippen molar-refractivity contribution in [2.75, 3.05) is 5.32 Å². The van der Waals surface area contributed by atoms with E-state index in [1.807, 2.05) is 5.32 Å². The number of carbonyl (C=O) groups is 2. The summed E-state index contributed by atoms with van der Waals surface area (Å²) in [5.41, 5.74) is 9.55. The Morgan fingerprint density at radius 2 is 1.82 bits per heavy atom. The van der Waals surface area contributed by atoms with Crippen LogP contribution in [0.25, 0.3) is 0 Å². The van der Waals surface area contributed by atoms with Crippen molar-refractivity contribution in [3.8, 4) is 0 Å². The fourth-order valence-corrected chi connectivity index (χ4v) is 1.14. The van der Waals surface area contributed by atoms with E-state index in [1.54, 1.807) is 0 Å². The second-order valence-electron chi connectivity index (χ2n) is 3.36. The number of halogens is 2. The number of benzene rings is 1. The Bertz CT molecular complexity index is 431. The highest BCUT2D eigenvalue weighted by Gasteiger charge is 2.19. The van der Waals surface area contributed by atoms with Crippen LogP contribution in [0.5, 0.6) is 0 Å². The second kappa shape index (κ2) is 5.35. The summed E-state index contributed by atoms with van der Waals surface area (Å²) in [4.78, 5) is 21.9. The Morgan fingerprint density at radius 1 is 1.29 bits per heavy atom. The van der Waals surface area contributed by atoms with Gasteiger partial charge in [0.15, 0.2) is 0 Å². The van der Waals surface area contributed by atoms with Gasteiger partial charge in [-0.1, -0.05) is 6.07 Å². The monoisotopic (exact) mass is 243 g/mol. The van der Waals surface area contributed by atoms with Gasteiger partial charge in [-0.25, -0.2) is 8.78 Å². The Balaban J connectivity index is 2.78. The fourth-order valence-electron chi connectivity index (χ4n) is 1.14. The largest absolute Gasteiger partial charge is 0.370 e. The molecule has 7 heteroatoms. The van der Waals surface area contributed by atoms with Gasteiger partial charge in [-0.05, 0) is 12.1 Å². The zero-order valence-electron chi connectivity index (χ0n) is 8.74. The molecule has 0 aliphatic heterocycles. The molecule has 0 fully saturated rings. The molecule has 0 heterocycles. The minimum Gasteiger partial charge on any atom is -0.370 e. The molecule has 0 saturated carbocycles. The number of rotatable bonds is 4. The molecule has 0 radical (unpaired) electrons.